The summed E-state index contributed by atoms with van der Waals surface area (Å²) >= 11 is 0. The van der Waals surface area contributed by atoms with Gasteiger partial charge in [-0.15, -0.1) is 0 Å². The molecule has 0 saturated carbocycles. The van der Waals surface area contributed by atoms with Crippen molar-refractivity contribution in [1.29, 1.82) is 0 Å². The fourth-order valence-electron chi connectivity index (χ4n) is 3.50. The quantitative estimate of drug-likeness (QED) is 0.723. The SMILES string of the molecule is CCCCCCC(c1cccnc1)c1ccc2c(c1)CCC(=O)N2. The summed E-state index contributed by atoms with van der Waals surface area (Å²) in [7, 11) is 0. The van der Waals surface area contributed by atoms with Crippen LogP contribution in [0.2, 0.25) is 0 Å². The van der Waals surface area contributed by atoms with Crippen LogP contribution in [-0.4, -0.2) is 10.9 Å². The Kier molecular flexibility index (Phi) is 5.63. The van der Waals surface area contributed by atoms with E-state index in [1.807, 2.05) is 18.5 Å². The van der Waals surface area contributed by atoms with Gasteiger partial charge in [0.15, 0.2) is 0 Å². The second kappa shape index (κ2) is 8.09. The van der Waals surface area contributed by atoms with Gasteiger partial charge in [0.1, 0.15) is 0 Å². The number of hydrogen-bond acceptors (Lipinski definition) is 2. The van der Waals surface area contributed by atoms with Crippen molar-refractivity contribution < 1.29 is 4.79 Å². The van der Waals surface area contributed by atoms with E-state index in [1.54, 1.807) is 0 Å². The zero-order chi connectivity index (χ0) is 16.8. The maximum Gasteiger partial charge on any atom is 0.224 e. The van der Waals surface area contributed by atoms with E-state index in [9.17, 15) is 4.79 Å². The molecule has 1 amide bonds. The fourth-order valence-corrected chi connectivity index (χ4v) is 3.50. The molecule has 1 aliphatic heterocycles. The predicted molar refractivity (Wildman–Crippen MR) is 98.2 cm³/mol. The zero-order valence-electron chi connectivity index (χ0n) is 14.4. The number of nitrogens with one attached hydrogen (secondary N) is 1. The molecule has 2 heterocycles. The molecule has 1 N–H and O–H groups in total. The van der Waals surface area contributed by atoms with Crippen molar-refractivity contribution in [3.05, 3.63) is 59.4 Å². The number of aryl methyl sites for hydroxylation is 1. The molecule has 3 rings (SSSR count). The Morgan fingerprint density at radius 1 is 1.12 bits per heavy atom. The van der Waals surface area contributed by atoms with E-state index in [2.05, 4.69) is 41.5 Å². The molecule has 0 saturated heterocycles. The van der Waals surface area contributed by atoms with Gasteiger partial charge in [-0.3, -0.25) is 9.78 Å². The Morgan fingerprint density at radius 3 is 2.83 bits per heavy atom. The summed E-state index contributed by atoms with van der Waals surface area (Å²) in [6.45, 7) is 2.25. The van der Waals surface area contributed by atoms with Crippen LogP contribution in [0, 0.1) is 0 Å². The summed E-state index contributed by atoms with van der Waals surface area (Å²) in [5.74, 6) is 0.511. The lowest BCUT2D eigenvalue weighted by Crippen LogP contribution is -2.19. The van der Waals surface area contributed by atoms with Crippen molar-refractivity contribution in [2.75, 3.05) is 5.32 Å². The second-order valence-electron chi connectivity index (χ2n) is 6.65. The molecular weight excluding hydrogens is 296 g/mol. The van der Waals surface area contributed by atoms with E-state index < -0.39 is 0 Å². The van der Waals surface area contributed by atoms with Gasteiger partial charge in [-0.25, -0.2) is 0 Å². The van der Waals surface area contributed by atoms with E-state index in [-0.39, 0.29) is 5.91 Å². The summed E-state index contributed by atoms with van der Waals surface area (Å²) in [4.78, 5) is 15.9. The van der Waals surface area contributed by atoms with E-state index in [1.165, 1.54) is 42.4 Å². The smallest absolute Gasteiger partial charge is 0.224 e. The fraction of sp³-hybridized carbons (Fsp3) is 0.429. The van der Waals surface area contributed by atoms with Crippen LogP contribution in [0.1, 0.15) is 68.1 Å². The molecule has 1 atom stereocenters. The number of aromatic nitrogens is 1. The lowest BCUT2D eigenvalue weighted by atomic mass is 9.85. The van der Waals surface area contributed by atoms with Crippen LogP contribution in [-0.2, 0) is 11.2 Å². The van der Waals surface area contributed by atoms with Crippen LogP contribution in [0.25, 0.3) is 0 Å². The average molecular weight is 322 g/mol. The predicted octanol–water partition coefficient (Wildman–Crippen LogP) is 5.07. The number of hydrogen-bond donors (Lipinski definition) is 1. The minimum absolute atomic E-state index is 0.124. The highest BCUT2D eigenvalue weighted by Gasteiger charge is 2.19. The van der Waals surface area contributed by atoms with E-state index in [4.69, 9.17) is 0 Å². The maximum absolute atomic E-state index is 11.5. The molecule has 24 heavy (non-hydrogen) atoms. The number of unbranched alkanes of at least 4 members (excludes halogenated alkanes) is 3. The molecule has 1 aromatic heterocycles. The molecule has 0 bridgehead atoms. The molecular formula is C21H26N2O. The minimum Gasteiger partial charge on any atom is -0.326 e. The molecule has 0 radical (unpaired) electrons. The number of rotatable bonds is 7. The Balaban J connectivity index is 1.83. The number of anilines is 1. The first-order valence-electron chi connectivity index (χ1n) is 9.10. The first-order valence-corrected chi connectivity index (χ1v) is 9.10. The summed E-state index contributed by atoms with van der Waals surface area (Å²) in [6, 6.07) is 10.7. The number of fused-ring (bicyclic) bond motifs is 1. The van der Waals surface area contributed by atoms with Crippen LogP contribution in [0.3, 0.4) is 0 Å². The van der Waals surface area contributed by atoms with E-state index in [0.717, 1.165) is 18.5 Å². The third-order valence-corrected chi connectivity index (χ3v) is 4.86. The number of carbonyl (C=O) groups excluding carboxylic acids is 1. The summed E-state index contributed by atoms with van der Waals surface area (Å²) < 4.78 is 0. The standard InChI is InChI=1S/C21H26N2O/c1-2-3-4-5-8-19(18-7-6-13-22-15-18)16-9-11-20-17(14-16)10-12-21(24)23-20/h6-7,9,11,13-15,19H,2-5,8,10,12H2,1H3,(H,23,24). The highest BCUT2D eigenvalue weighted by Crippen LogP contribution is 2.33. The lowest BCUT2D eigenvalue weighted by molar-refractivity contribution is -0.116. The van der Waals surface area contributed by atoms with Crippen LogP contribution in [0.4, 0.5) is 5.69 Å². The highest BCUT2D eigenvalue weighted by atomic mass is 16.1. The molecule has 2 aromatic rings. The lowest BCUT2D eigenvalue weighted by Gasteiger charge is -2.22. The zero-order valence-corrected chi connectivity index (χ0v) is 14.4. The highest BCUT2D eigenvalue weighted by molar-refractivity contribution is 5.93. The van der Waals surface area contributed by atoms with Gasteiger partial charge in [0.05, 0.1) is 0 Å². The molecule has 3 heteroatoms. The van der Waals surface area contributed by atoms with Gasteiger partial charge >= 0.3 is 0 Å². The summed E-state index contributed by atoms with van der Waals surface area (Å²) in [6.07, 6.45) is 11.5. The van der Waals surface area contributed by atoms with Gasteiger partial charge in [0, 0.05) is 30.4 Å². The monoisotopic (exact) mass is 322 g/mol. The van der Waals surface area contributed by atoms with Crippen LogP contribution < -0.4 is 5.32 Å². The van der Waals surface area contributed by atoms with Crippen LogP contribution >= 0.6 is 0 Å². The summed E-state index contributed by atoms with van der Waals surface area (Å²) in [5.41, 5.74) is 4.86. The number of pyridine rings is 1. The molecule has 0 spiro atoms. The maximum atomic E-state index is 11.5. The molecule has 1 unspecified atom stereocenters. The van der Waals surface area contributed by atoms with Gasteiger partial charge in [0.25, 0.3) is 0 Å². The first kappa shape index (κ1) is 16.7. The molecule has 0 aliphatic carbocycles. The molecule has 126 valence electrons. The largest absolute Gasteiger partial charge is 0.326 e. The molecule has 3 nitrogen and oxygen atoms in total. The first-order chi connectivity index (χ1) is 11.8. The number of benzene rings is 1. The van der Waals surface area contributed by atoms with Crippen molar-refractivity contribution >= 4 is 11.6 Å². The Morgan fingerprint density at radius 2 is 2.04 bits per heavy atom. The van der Waals surface area contributed by atoms with Crippen LogP contribution in [0.15, 0.2) is 42.7 Å². The number of amides is 1. The topological polar surface area (TPSA) is 42.0 Å². The van der Waals surface area contributed by atoms with E-state index >= 15 is 0 Å². The molecule has 1 aromatic carbocycles. The van der Waals surface area contributed by atoms with Crippen molar-refractivity contribution in [2.24, 2.45) is 0 Å². The van der Waals surface area contributed by atoms with Crippen molar-refractivity contribution in [2.45, 2.75) is 57.8 Å². The summed E-state index contributed by atoms with van der Waals surface area (Å²) in [5, 5.41) is 2.97. The Labute approximate surface area is 144 Å². The molecule has 0 fully saturated rings. The van der Waals surface area contributed by atoms with Gasteiger partial charge in [0.2, 0.25) is 5.91 Å². The third kappa shape index (κ3) is 4.02. The van der Waals surface area contributed by atoms with Gasteiger partial charge in [-0.05, 0) is 41.7 Å². The van der Waals surface area contributed by atoms with Crippen LogP contribution in [0.5, 0.6) is 0 Å². The minimum atomic E-state index is 0.124. The van der Waals surface area contributed by atoms with Gasteiger partial charge < -0.3 is 5.32 Å². The number of nitrogens with zero attached hydrogens (tertiary/aromatic N) is 1. The Hall–Kier alpha value is -2.16. The molecule has 1 aliphatic rings. The Bertz CT molecular complexity index is 681. The van der Waals surface area contributed by atoms with Crippen molar-refractivity contribution in [3.8, 4) is 0 Å². The van der Waals surface area contributed by atoms with Gasteiger partial charge in [-0.1, -0.05) is 50.8 Å². The normalized spacial score (nSPS) is 14.8. The van der Waals surface area contributed by atoms with Crippen molar-refractivity contribution in [3.63, 3.8) is 0 Å². The third-order valence-electron chi connectivity index (χ3n) is 4.86. The van der Waals surface area contributed by atoms with E-state index in [0.29, 0.717) is 12.3 Å². The second-order valence-corrected chi connectivity index (χ2v) is 6.65. The van der Waals surface area contributed by atoms with Crippen molar-refractivity contribution in [1.82, 2.24) is 4.98 Å². The average Bonchev–Trinajstić information content (AvgIpc) is 2.62. The van der Waals surface area contributed by atoms with Gasteiger partial charge in [-0.2, -0.15) is 0 Å². The number of carbonyl (C=O) groups is 1.